The molecular formula is C22H33IN4O2S. The van der Waals surface area contributed by atoms with Gasteiger partial charge in [-0.3, -0.25) is 4.99 Å². The quantitative estimate of drug-likeness (QED) is 0.215. The first kappa shape index (κ1) is 24.7. The van der Waals surface area contributed by atoms with Gasteiger partial charge in [0.05, 0.1) is 31.9 Å². The van der Waals surface area contributed by atoms with Crippen molar-refractivity contribution < 1.29 is 9.47 Å². The van der Waals surface area contributed by atoms with Gasteiger partial charge in [-0.15, -0.1) is 35.3 Å². The molecule has 1 fully saturated rings. The molecule has 1 aliphatic rings. The number of hydrogen-bond acceptors (Lipinski definition) is 5. The molecule has 8 heteroatoms. The van der Waals surface area contributed by atoms with Crippen molar-refractivity contribution in [1.29, 1.82) is 0 Å². The monoisotopic (exact) mass is 544 g/mol. The molecule has 1 aliphatic heterocycles. The van der Waals surface area contributed by atoms with Crippen LogP contribution in [0, 0.1) is 0 Å². The van der Waals surface area contributed by atoms with E-state index in [1.165, 1.54) is 5.00 Å². The highest BCUT2D eigenvalue weighted by atomic mass is 127. The number of piperidine rings is 1. The van der Waals surface area contributed by atoms with Crippen LogP contribution in [0.1, 0.15) is 25.3 Å². The summed E-state index contributed by atoms with van der Waals surface area (Å²) in [5, 5.41) is 10.5. The highest BCUT2D eigenvalue weighted by molar-refractivity contribution is 14.0. The number of nitrogens with zero attached hydrogens (tertiary/aromatic N) is 2. The molecule has 6 nitrogen and oxygen atoms in total. The number of rotatable bonds is 9. The van der Waals surface area contributed by atoms with E-state index in [2.05, 4.69) is 45.0 Å². The van der Waals surface area contributed by atoms with Crippen molar-refractivity contribution in [2.45, 2.75) is 32.4 Å². The number of hydrogen-bond donors (Lipinski definition) is 2. The number of guanidine groups is 1. The second kappa shape index (κ2) is 13.7. The van der Waals surface area contributed by atoms with Crippen LogP contribution in [0.5, 0.6) is 5.75 Å². The van der Waals surface area contributed by atoms with Gasteiger partial charge in [-0.2, -0.15) is 0 Å². The number of ether oxygens (including phenoxy) is 2. The SMILES string of the molecule is CCNC(=NCCOCc1ccccc1OC)NC1CCN(c2cccs2)CC1.I. The molecule has 166 valence electrons. The van der Waals surface area contributed by atoms with Crippen LogP contribution in [0.25, 0.3) is 0 Å². The van der Waals surface area contributed by atoms with Gasteiger partial charge in [0.25, 0.3) is 0 Å². The van der Waals surface area contributed by atoms with E-state index in [1.807, 2.05) is 35.6 Å². The minimum atomic E-state index is 0. The normalized spacial score (nSPS) is 14.9. The van der Waals surface area contributed by atoms with Crippen LogP contribution >= 0.6 is 35.3 Å². The Hall–Kier alpha value is -1.52. The van der Waals surface area contributed by atoms with E-state index in [0.717, 1.165) is 49.7 Å². The molecule has 30 heavy (non-hydrogen) atoms. The van der Waals surface area contributed by atoms with Crippen LogP contribution in [-0.2, 0) is 11.3 Å². The van der Waals surface area contributed by atoms with Crippen molar-refractivity contribution >= 4 is 46.3 Å². The Labute approximate surface area is 201 Å². The number of halogens is 1. The van der Waals surface area contributed by atoms with Crippen LogP contribution in [0.15, 0.2) is 46.8 Å². The lowest BCUT2D eigenvalue weighted by molar-refractivity contribution is 0.126. The van der Waals surface area contributed by atoms with Gasteiger partial charge in [0.1, 0.15) is 5.75 Å². The predicted molar refractivity (Wildman–Crippen MR) is 137 cm³/mol. The molecule has 2 heterocycles. The molecule has 0 spiro atoms. The van der Waals surface area contributed by atoms with Crippen molar-refractivity contribution in [3.63, 3.8) is 0 Å². The van der Waals surface area contributed by atoms with Crippen molar-refractivity contribution in [2.24, 2.45) is 4.99 Å². The van der Waals surface area contributed by atoms with Crippen LogP contribution in [-0.4, -0.2) is 51.9 Å². The maximum absolute atomic E-state index is 5.79. The molecular weight excluding hydrogens is 511 g/mol. The summed E-state index contributed by atoms with van der Waals surface area (Å²) in [4.78, 5) is 7.15. The largest absolute Gasteiger partial charge is 0.496 e. The summed E-state index contributed by atoms with van der Waals surface area (Å²) in [7, 11) is 1.68. The van der Waals surface area contributed by atoms with E-state index in [1.54, 1.807) is 7.11 Å². The van der Waals surface area contributed by atoms with Gasteiger partial charge < -0.3 is 25.0 Å². The Bertz CT molecular complexity index is 749. The third-order valence-electron chi connectivity index (χ3n) is 4.95. The standard InChI is InChI=1S/C22H32N4O2S.HI/c1-3-23-22(24-12-15-28-17-18-7-4-5-8-20(18)27-2)25-19-10-13-26(14-11-19)21-9-6-16-29-21;/h4-9,16,19H,3,10-15,17H2,1-2H3,(H2,23,24,25);1H. The molecule has 1 aromatic carbocycles. The molecule has 0 saturated carbocycles. The van der Waals surface area contributed by atoms with Gasteiger partial charge in [-0.25, -0.2) is 0 Å². The molecule has 0 aliphatic carbocycles. The van der Waals surface area contributed by atoms with Gasteiger partial charge in [0, 0.05) is 31.2 Å². The summed E-state index contributed by atoms with van der Waals surface area (Å²) < 4.78 is 11.1. The topological polar surface area (TPSA) is 58.1 Å². The Kier molecular flexibility index (Phi) is 11.3. The number of anilines is 1. The Balaban J connectivity index is 0.00000320. The third-order valence-corrected chi connectivity index (χ3v) is 5.88. The van der Waals surface area contributed by atoms with Crippen molar-refractivity contribution in [3.8, 4) is 5.75 Å². The molecule has 3 rings (SSSR count). The second-order valence-corrected chi connectivity index (χ2v) is 7.91. The average Bonchev–Trinajstić information content (AvgIpc) is 3.29. The third kappa shape index (κ3) is 7.63. The first-order chi connectivity index (χ1) is 14.3. The lowest BCUT2D eigenvalue weighted by Gasteiger charge is -2.33. The van der Waals surface area contributed by atoms with Gasteiger partial charge in [-0.05, 0) is 43.3 Å². The molecule has 1 saturated heterocycles. The van der Waals surface area contributed by atoms with E-state index in [0.29, 0.717) is 25.8 Å². The van der Waals surface area contributed by atoms with Gasteiger partial charge in [-0.1, -0.05) is 18.2 Å². The zero-order valence-electron chi connectivity index (χ0n) is 17.8. The zero-order chi connectivity index (χ0) is 20.3. The summed E-state index contributed by atoms with van der Waals surface area (Å²) in [6.07, 6.45) is 2.24. The number of para-hydroxylation sites is 1. The van der Waals surface area contributed by atoms with E-state index in [4.69, 9.17) is 9.47 Å². The summed E-state index contributed by atoms with van der Waals surface area (Å²) >= 11 is 1.82. The molecule has 2 N–H and O–H groups in total. The first-order valence-corrected chi connectivity index (χ1v) is 11.2. The highest BCUT2D eigenvalue weighted by Crippen LogP contribution is 2.24. The Morgan fingerprint density at radius 2 is 2.00 bits per heavy atom. The van der Waals surface area contributed by atoms with Crippen LogP contribution in [0.3, 0.4) is 0 Å². The summed E-state index contributed by atoms with van der Waals surface area (Å²) in [6.45, 7) is 6.84. The fraction of sp³-hybridized carbons (Fsp3) is 0.500. The second-order valence-electron chi connectivity index (χ2n) is 6.98. The van der Waals surface area contributed by atoms with E-state index in [-0.39, 0.29) is 24.0 Å². The summed E-state index contributed by atoms with van der Waals surface area (Å²) in [6, 6.07) is 12.7. The van der Waals surface area contributed by atoms with Crippen molar-refractivity contribution in [3.05, 3.63) is 47.3 Å². The molecule has 0 bridgehead atoms. The minimum Gasteiger partial charge on any atom is -0.496 e. The number of thiophene rings is 1. The van der Waals surface area contributed by atoms with Gasteiger partial charge >= 0.3 is 0 Å². The summed E-state index contributed by atoms with van der Waals surface area (Å²) in [5.41, 5.74) is 1.06. The van der Waals surface area contributed by atoms with Crippen LogP contribution in [0.4, 0.5) is 5.00 Å². The molecule has 0 radical (unpaired) electrons. The molecule has 2 aromatic rings. The molecule has 0 amide bonds. The molecule has 0 atom stereocenters. The Morgan fingerprint density at radius 1 is 1.20 bits per heavy atom. The summed E-state index contributed by atoms with van der Waals surface area (Å²) in [5.74, 6) is 1.74. The lowest BCUT2D eigenvalue weighted by atomic mass is 10.1. The fourth-order valence-corrected chi connectivity index (χ4v) is 4.22. The van der Waals surface area contributed by atoms with E-state index < -0.39 is 0 Å². The highest BCUT2D eigenvalue weighted by Gasteiger charge is 2.20. The number of aliphatic imine (C=N–C) groups is 1. The number of nitrogens with one attached hydrogen (secondary N) is 2. The van der Waals surface area contributed by atoms with E-state index >= 15 is 0 Å². The maximum Gasteiger partial charge on any atom is 0.191 e. The number of methoxy groups -OCH3 is 1. The first-order valence-electron chi connectivity index (χ1n) is 10.3. The zero-order valence-corrected chi connectivity index (χ0v) is 20.9. The average molecular weight is 545 g/mol. The van der Waals surface area contributed by atoms with Crippen molar-refractivity contribution in [2.75, 3.05) is 44.8 Å². The lowest BCUT2D eigenvalue weighted by Crippen LogP contribution is -2.48. The molecule has 1 aromatic heterocycles. The maximum atomic E-state index is 5.79. The van der Waals surface area contributed by atoms with Gasteiger partial charge in [0.15, 0.2) is 5.96 Å². The van der Waals surface area contributed by atoms with Gasteiger partial charge in [0.2, 0.25) is 0 Å². The number of benzene rings is 1. The van der Waals surface area contributed by atoms with Crippen molar-refractivity contribution in [1.82, 2.24) is 10.6 Å². The Morgan fingerprint density at radius 3 is 2.70 bits per heavy atom. The van der Waals surface area contributed by atoms with E-state index in [9.17, 15) is 0 Å². The predicted octanol–water partition coefficient (Wildman–Crippen LogP) is 4.12. The minimum absolute atomic E-state index is 0. The van der Waals surface area contributed by atoms with Crippen LogP contribution < -0.4 is 20.3 Å². The van der Waals surface area contributed by atoms with Crippen LogP contribution in [0.2, 0.25) is 0 Å². The molecule has 0 unspecified atom stereocenters. The fourth-order valence-electron chi connectivity index (χ4n) is 3.43. The smallest absolute Gasteiger partial charge is 0.191 e.